The van der Waals surface area contributed by atoms with Gasteiger partial charge in [0.25, 0.3) is 0 Å². The van der Waals surface area contributed by atoms with E-state index in [9.17, 15) is 9.59 Å². The van der Waals surface area contributed by atoms with Gasteiger partial charge in [0, 0.05) is 31.5 Å². The number of carbonyl (C=O) groups excluding carboxylic acids is 2. The number of nitrogens with one attached hydrogen (secondary N) is 1. The third-order valence-electron chi connectivity index (χ3n) is 6.06. The number of hydrogen-bond acceptors (Lipinski definition) is 3. The SMILES string of the molecule is CCN(CC)Cc1ccc(CNC(=O)CCC(=O)c2ccc3c(c2)CCCC3)cc1. The number of nitrogens with zero attached hydrogens (tertiary/aromatic N) is 1. The average Bonchev–Trinajstić information content (AvgIpc) is 2.80. The van der Waals surface area contributed by atoms with Crippen molar-refractivity contribution in [1.82, 2.24) is 10.2 Å². The number of fused-ring (bicyclic) bond motifs is 1. The van der Waals surface area contributed by atoms with Gasteiger partial charge >= 0.3 is 0 Å². The Bertz CT molecular complexity index is 854. The lowest BCUT2D eigenvalue weighted by Crippen LogP contribution is -2.23. The largest absolute Gasteiger partial charge is 0.352 e. The number of amides is 1. The third kappa shape index (κ3) is 6.27. The Morgan fingerprint density at radius 2 is 1.53 bits per heavy atom. The zero-order valence-electron chi connectivity index (χ0n) is 18.4. The molecule has 0 saturated carbocycles. The minimum Gasteiger partial charge on any atom is -0.352 e. The number of carbonyl (C=O) groups is 2. The van der Waals surface area contributed by atoms with E-state index >= 15 is 0 Å². The summed E-state index contributed by atoms with van der Waals surface area (Å²) in [6.45, 7) is 7.87. The molecule has 0 atom stereocenters. The van der Waals surface area contributed by atoms with Crippen LogP contribution < -0.4 is 5.32 Å². The molecule has 0 spiro atoms. The zero-order valence-corrected chi connectivity index (χ0v) is 18.4. The van der Waals surface area contributed by atoms with E-state index in [2.05, 4.69) is 54.4 Å². The fraction of sp³-hybridized carbons (Fsp3) is 0.462. The molecule has 0 unspecified atom stereocenters. The van der Waals surface area contributed by atoms with Crippen molar-refractivity contribution in [2.75, 3.05) is 13.1 Å². The summed E-state index contributed by atoms with van der Waals surface area (Å²) in [4.78, 5) is 27.1. The van der Waals surface area contributed by atoms with Crippen LogP contribution in [0.15, 0.2) is 42.5 Å². The molecule has 30 heavy (non-hydrogen) atoms. The Morgan fingerprint density at radius 3 is 2.23 bits per heavy atom. The summed E-state index contributed by atoms with van der Waals surface area (Å²) >= 11 is 0. The molecule has 4 nitrogen and oxygen atoms in total. The third-order valence-corrected chi connectivity index (χ3v) is 6.06. The summed E-state index contributed by atoms with van der Waals surface area (Å²) in [5.41, 5.74) is 5.78. The number of benzene rings is 2. The number of aryl methyl sites for hydroxylation is 2. The van der Waals surface area contributed by atoms with Gasteiger partial charge in [0.2, 0.25) is 5.91 Å². The van der Waals surface area contributed by atoms with Gasteiger partial charge in [-0.15, -0.1) is 0 Å². The molecule has 1 N–H and O–H groups in total. The van der Waals surface area contributed by atoms with Crippen LogP contribution in [0.3, 0.4) is 0 Å². The molecule has 1 aliphatic carbocycles. The Labute approximate surface area is 180 Å². The molecule has 0 aliphatic heterocycles. The minimum atomic E-state index is -0.0754. The lowest BCUT2D eigenvalue weighted by Gasteiger charge is -2.18. The quantitative estimate of drug-likeness (QED) is 0.583. The van der Waals surface area contributed by atoms with E-state index in [1.54, 1.807) is 0 Å². The van der Waals surface area contributed by atoms with E-state index in [1.807, 2.05) is 12.1 Å². The van der Waals surface area contributed by atoms with Gasteiger partial charge in [-0.3, -0.25) is 14.5 Å². The smallest absolute Gasteiger partial charge is 0.220 e. The summed E-state index contributed by atoms with van der Waals surface area (Å²) in [5.74, 6) is -0.0205. The van der Waals surface area contributed by atoms with Gasteiger partial charge in [-0.1, -0.05) is 50.2 Å². The van der Waals surface area contributed by atoms with E-state index in [-0.39, 0.29) is 24.5 Å². The Balaban J connectivity index is 1.43. The molecule has 2 aromatic rings. The molecule has 1 amide bonds. The predicted molar refractivity (Wildman–Crippen MR) is 122 cm³/mol. The maximum atomic E-state index is 12.5. The fourth-order valence-electron chi connectivity index (χ4n) is 4.04. The standard InChI is InChI=1S/C26H34N2O2/c1-3-28(4-2)19-21-11-9-20(10-12-21)18-27-26(30)16-15-25(29)24-14-13-22-7-5-6-8-23(22)17-24/h9-14,17H,3-8,15-16,18-19H2,1-2H3,(H,27,30). The van der Waals surface area contributed by atoms with Crippen LogP contribution >= 0.6 is 0 Å². The van der Waals surface area contributed by atoms with Crippen molar-refractivity contribution in [3.8, 4) is 0 Å². The van der Waals surface area contributed by atoms with Crippen LogP contribution in [0.25, 0.3) is 0 Å². The lowest BCUT2D eigenvalue weighted by atomic mass is 9.89. The first-order chi connectivity index (χ1) is 14.6. The number of ketones is 1. The van der Waals surface area contributed by atoms with Crippen LogP contribution in [0.2, 0.25) is 0 Å². The Kier molecular flexibility index (Phi) is 8.21. The van der Waals surface area contributed by atoms with Crippen molar-refractivity contribution in [2.24, 2.45) is 0 Å². The van der Waals surface area contributed by atoms with Crippen LogP contribution in [0, 0.1) is 0 Å². The summed E-state index contributed by atoms with van der Waals surface area (Å²) in [6.07, 6.45) is 5.10. The molecule has 4 heteroatoms. The molecular weight excluding hydrogens is 372 g/mol. The lowest BCUT2D eigenvalue weighted by molar-refractivity contribution is -0.121. The summed E-state index contributed by atoms with van der Waals surface area (Å²) in [5, 5.41) is 2.94. The normalized spacial score (nSPS) is 13.2. The van der Waals surface area contributed by atoms with Gasteiger partial charge in [0.1, 0.15) is 0 Å². The highest BCUT2D eigenvalue weighted by atomic mass is 16.2. The van der Waals surface area contributed by atoms with Gasteiger partial charge in [-0.2, -0.15) is 0 Å². The van der Waals surface area contributed by atoms with Crippen LogP contribution in [0.1, 0.15) is 72.1 Å². The highest BCUT2D eigenvalue weighted by Gasteiger charge is 2.14. The van der Waals surface area contributed by atoms with Crippen molar-refractivity contribution in [2.45, 2.75) is 65.5 Å². The van der Waals surface area contributed by atoms with Gasteiger partial charge in [0.05, 0.1) is 0 Å². The van der Waals surface area contributed by atoms with Crippen LogP contribution in [-0.4, -0.2) is 29.7 Å². The first-order valence-corrected chi connectivity index (χ1v) is 11.3. The van der Waals surface area contributed by atoms with E-state index < -0.39 is 0 Å². The number of Topliss-reactive ketones (excluding diaryl/α,β-unsaturated/α-hetero) is 1. The highest BCUT2D eigenvalue weighted by molar-refractivity contribution is 5.98. The number of hydrogen-bond donors (Lipinski definition) is 1. The van der Waals surface area contributed by atoms with Crippen molar-refractivity contribution in [3.63, 3.8) is 0 Å². The molecule has 1 aliphatic rings. The molecule has 0 fully saturated rings. The maximum absolute atomic E-state index is 12.5. The second kappa shape index (κ2) is 11.1. The number of rotatable bonds is 10. The van der Waals surface area contributed by atoms with E-state index in [0.717, 1.165) is 43.6 Å². The van der Waals surface area contributed by atoms with E-state index in [4.69, 9.17) is 0 Å². The topological polar surface area (TPSA) is 49.4 Å². The van der Waals surface area contributed by atoms with Crippen LogP contribution in [0.4, 0.5) is 0 Å². The summed E-state index contributed by atoms with van der Waals surface area (Å²) < 4.78 is 0. The molecule has 160 valence electrons. The van der Waals surface area contributed by atoms with Crippen molar-refractivity contribution < 1.29 is 9.59 Å². The molecule has 2 aromatic carbocycles. The average molecular weight is 407 g/mol. The molecule has 0 saturated heterocycles. The van der Waals surface area contributed by atoms with Crippen LogP contribution in [0.5, 0.6) is 0 Å². The predicted octanol–water partition coefficient (Wildman–Crippen LogP) is 4.69. The van der Waals surface area contributed by atoms with Crippen molar-refractivity contribution >= 4 is 11.7 Å². The molecule has 0 radical (unpaired) electrons. The molecule has 3 rings (SSSR count). The van der Waals surface area contributed by atoms with Gasteiger partial charge in [0.15, 0.2) is 5.78 Å². The summed E-state index contributed by atoms with van der Waals surface area (Å²) in [6, 6.07) is 14.4. The molecule has 0 heterocycles. The Morgan fingerprint density at radius 1 is 0.867 bits per heavy atom. The molecule has 0 bridgehead atoms. The minimum absolute atomic E-state index is 0.0549. The van der Waals surface area contributed by atoms with E-state index in [0.29, 0.717) is 6.54 Å². The second-order valence-electron chi connectivity index (χ2n) is 8.17. The highest BCUT2D eigenvalue weighted by Crippen LogP contribution is 2.23. The van der Waals surface area contributed by atoms with Gasteiger partial charge in [-0.25, -0.2) is 0 Å². The monoisotopic (exact) mass is 406 g/mol. The fourth-order valence-corrected chi connectivity index (χ4v) is 4.04. The van der Waals surface area contributed by atoms with Crippen molar-refractivity contribution in [3.05, 3.63) is 70.3 Å². The molecular formula is C26H34N2O2. The van der Waals surface area contributed by atoms with Crippen LogP contribution in [-0.2, 0) is 30.7 Å². The first-order valence-electron chi connectivity index (χ1n) is 11.3. The summed E-state index contributed by atoms with van der Waals surface area (Å²) in [7, 11) is 0. The maximum Gasteiger partial charge on any atom is 0.220 e. The van der Waals surface area contributed by atoms with E-state index in [1.165, 1.54) is 29.5 Å². The van der Waals surface area contributed by atoms with Crippen molar-refractivity contribution in [1.29, 1.82) is 0 Å². The second-order valence-corrected chi connectivity index (χ2v) is 8.17. The van der Waals surface area contributed by atoms with Gasteiger partial charge < -0.3 is 5.32 Å². The first kappa shape index (κ1) is 22.2. The van der Waals surface area contributed by atoms with Gasteiger partial charge in [-0.05, 0) is 67.1 Å². The Hall–Kier alpha value is -2.46. The molecule has 0 aromatic heterocycles. The zero-order chi connectivity index (χ0) is 21.3.